The second kappa shape index (κ2) is 7.92. The van der Waals surface area contributed by atoms with Gasteiger partial charge in [0.2, 0.25) is 5.96 Å². The Morgan fingerprint density at radius 2 is 2.07 bits per heavy atom. The Balaban J connectivity index is 2.33. The van der Waals surface area contributed by atoms with Crippen molar-refractivity contribution in [3.05, 3.63) is 37.8 Å². The largest absolute Gasteiger partial charge is 0.492 e. The number of benzene rings is 1. The van der Waals surface area contributed by atoms with Gasteiger partial charge in [-0.1, -0.05) is 15.9 Å². The van der Waals surface area contributed by atoms with Crippen molar-refractivity contribution in [2.45, 2.75) is 13.0 Å². The van der Waals surface area contributed by atoms with Crippen LogP contribution in [0.1, 0.15) is 29.7 Å². The summed E-state index contributed by atoms with van der Waals surface area (Å²) in [7, 11) is 0. The molecule has 2 heterocycles. The molecule has 1 aliphatic heterocycles. The second-order valence-corrected chi connectivity index (χ2v) is 7.41. The minimum atomic E-state index is -0.692. The minimum absolute atomic E-state index is 0.0105. The van der Waals surface area contributed by atoms with Crippen molar-refractivity contribution in [1.29, 1.82) is 10.5 Å². The van der Waals surface area contributed by atoms with E-state index in [0.29, 0.717) is 33.8 Å². The highest BCUT2D eigenvalue weighted by atomic mass is 79.9. The zero-order chi connectivity index (χ0) is 20.4. The van der Waals surface area contributed by atoms with Crippen LogP contribution in [0.5, 0.6) is 5.75 Å². The molecule has 1 aliphatic rings. The molecule has 0 saturated carbocycles. The van der Waals surface area contributed by atoms with Gasteiger partial charge in [-0.2, -0.15) is 10.5 Å². The van der Waals surface area contributed by atoms with E-state index in [1.807, 2.05) is 31.3 Å². The number of nitrogen functional groups attached to an aromatic ring is 2. The van der Waals surface area contributed by atoms with Crippen LogP contribution in [0.4, 0.5) is 17.3 Å². The molecule has 28 heavy (non-hydrogen) atoms. The summed E-state index contributed by atoms with van der Waals surface area (Å²) in [5, 5.41) is 23.8. The number of halogens is 2. The predicted octanol–water partition coefficient (Wildman–Crippen LogP) is 2.98. The zero-order valence-electron chi connectivity index (χ0n) is 14.5. The minimum Gasteiger partial charge on any atom is -0.492 e. The standard InChI is InChI=1S/C17H14Br2N8O/c1-2-28-14-8(3-7(18)4-10(14)19)13-11-12(22)9(5-20)15(23)26-16(11)27-17(25-13)24-6-21/h3-4,13H,2H2,1H3,(H6,22,23,24,25,26,27). The van der Waals surface area contributed by atoms with Gasteiger partial charge in [0.25, 0.3) is 0 Å². The van der Waals surface area contributed by atoms with Crippen LogP contribution < -0.4 is 26.8 Å². The third-order valence-electron chi connectivity index (χ3n) is 3.98. The monoisotopic (exact) mass is 504 g/mol. The van der Waals surface area contributed by atoms with Gasteiger partial charge in [0.15, 0.2) is 6.19 Å². The number of rotatable bonds is 3. The van der Waals surface area contributed by atoms with Gasteiger partial charge in [-0.3, -0.25) is 5.32 Å². The van der Waals surface area contributed by atoms with Gasteiger partial charge >= 0.3 is 0 Å². The highest BCUT2D eigenvalue weighted by Gasteiger charge is 2.32. The third-order valence-corrected chi connectivity index (χ3v) is 5.02. The second-order valence-electron chi connectivity index (χ2n) is 5.64. The molecule has 2 aromatic rings. The number of anilines is 3. The van der Waals surface area contributed by atoms with Crippen molar-refractivity contribution in [2.75, 3.05) is 23.4 Å². The molecule has 0 aliphatic carbocycles. The molecule has 6 N–H and O–H groups in total. The van der Waals surface area contributed by atoms with E-state index in [2.05, 4.69) is 52.5 Å². The molecule has 9 nitrogen and oxygen atoms in total. The number of nitrogens with two attached hydrogens (primary N) is 2. The summed E-state index contributed by atoms with van der Waals surface area (Å²) in [5.41, 5.74) is 13.5. The van der Waals surface area contributed by atoms with E-state index >= 15 is 0 Å². The SMILES string of the molecule is CCOc1c(Br)cc(Br)cc1C1N=C(NC#N)Nc2nc(N)c(C#N)c(N)c21. The third kappa shape index (κ3) is 3.42. The number of nitriles is 2. The summed E-state index contributed by atoms with van der Waals surface area (Å²) in [6, 6.07) is 4.97. The summed E-state index contributed by atoms with van der Waals surface area (Å²) in [6.07, 6.45) is 1.82. The van der Waals surface area contributed by atoms with E-state index in [0.717, 1.165) is 4.47 Å². The fourth-order valence-corrected chi connectivity index (χ4v) is 4.26. The van der Waals surface area contributed by atoms with Crippen molar-refractivity contribution in [3.8, 4) is 18.0 Å². The number of guanidine groups is 1. The van der Waals surface area contributed by atoms with Gasteiger partial charge in [0.05, 0.1) is 16.8 Å². The van der Waals surface area contributed by atoms with E-state index in [1.54, 1.807) is 0 Å². The van der Waals surface area contributed by atoms with Crippen molar-refractivity contribution >= 4 is 55.1 Å². The van der Waals surface area contributed by atoms with Crippen LogP contribution in [-0.2, 0) is 0 Å². The first-order chi connectivity index (χ1) is 13.4. The van der Waals surface area contributed by atoms with E-state index in [9.17, 15) is 5.26 Å². The number of fused-ring (bicyclic) bond motifs is 1. The number of pyridine rings is 1. The highest BCUT2D eigenvalue weighted by Crippen LogP contribution is 2.46. The lowest BCUT2D eigenvalue weighted by molar-refractivity contribution is 0.333. The quantitative estimate of drug-likeness (QED) is 0.366. The van der Waals surface area contributed by atoms with Gasteiger partial charge in [0, 0.05) is 15.6 Å². The first-order valence-electron chi connectivity index (χ1n) is 8.01. The van der Waals surface area contributed by atoms with Crippen molar-refractivity contribution in [2.24, 2.45) is 4.99 Å². The number of nitrogens with zero attached hydrogens (tertiary/aromatic N) is 4. The average molecular weight is 506 g/mol. The van der Waals surface area contributed by atoms with Crippen molar-refractivity contribution in [1.82, 2.24) is 10.3 Å². The maximum Gasteiger partial charge on any atom is 0.211 e. The number of nitrogens with one attached hydrogen (secondary N) is 2. The van der Waals surface area contributed by atoms with Crippen molar-refractivity contribution in [3.63, 3.8) is 0 Å². The molecule has 0 amide bonds. The lowest BCUT2D eigenvalue weighted by Gasteiger charge is -2.27. The Morgan fingerprint density at radius 3 is 2.71 bits per heavy atom. The Hall–Kier alpha value is -3.02. The summed E-state index contributed by atoms with van der Waals surface area (Å²) in [5.74, 6) is 1.04. The fourth-order valence-electron chi connectivity index (χ4n) is 2.89. The normalized spacial score (nSPS) is 14.8. The molecular formula is C17H14Br2N8O. The summed E-state index contributed by atoms with van der Waals surface area (Å²) >= 11 is 6.98. The van der Waals surface area contributed by atoms with E-state index < -0.39 is 6.04 Å². The Morgan fingerprint density at radius 1 is 1.32 bits per heavy atom. The average Bonchev–Trinajstić information content (AvgIpc) is 2.63. The first-order valence-corrected chi connectivity index (χ1v) is 9.60. The van der Waals surface area contributed by atoms with E-state index in [1.165, 1.54) is 0 Å². The van der Waals surface area contributed by atoms with E-state index in [4.69, 9.17) is 21.5 Å². The number of hydrogen-bond donors (Lipinski definition) is 4. The van der Waals surface area contributed by atoms with Crippen LogP contribution in [0, 0.1) is 22.8 Å². The molecule has 0 spiro atoms. The van der Waals surface area contributed by atoms with Crippen LogP contribution in [0.15, 0.2) is 26.1 Å². The van der Waals surface area contributed by atoms with Crippen LogP contribution in [0.3, 0.4) is 0 Å². The Kier molecular flexibility index (Phi) is 5.58. The van der Waals surface area contributed by atoms with E-state index in [-0.39, 0.29) is 23.0 Å². The summed E-state index contributed by atoms with van der Waals surface area (Å²) in [4.78, 5) is 8.80. The zero-order valence-corrected chi connectivity index (χ0v) is 17.7. The Labute approximate surface area is 177 Å². The highest BCUT2D eigenvalue weighted by molar-refractivity contribution is 9.11. The lowest BCUT2D eigenvalue weighted by atomic mass is 9.94. The topological polar surface area (TPSA) is 158 Å². The van der Waals surface area contributed by atoms with Crippen LogP contribution in [0.2, 0.25) is 0 Å². The molecule has 11 heteroatoms. The van der Waals surface area contributed by atoms with Crippen LogP contribution in [-0.4, -0.2) is 17.6 Å². The summed E-state index contributed by atoms with van der Waals surface area (Å²) in [6.45, 7) is 2.29. The molecule has 0 radical (unpaired) electrons. The van der Waals surface area contributed by atoms with Gasteiger partial charge in [0.1, 0.15) is 35.1 Å². The molecule has 1 atom stereocenters. The molecular weight excluding hydrogens is 492 g/mol. The molecule has 1 aromatic carbocycles. The van der Waals surface area contributed by atoms with Gasteiger partial charge in [-0.05, 0) is 35.0 Å². The van der Waals surface area contributed by atoms with Crippen LogP contribution >= 0.6 is 31.9 Å². The van der Waals surface area contributed by atoms with Crippen LogP contribution in [0.25, 0.3) is 0 Å². The molecule has 142 valence electrons. The number of hydrogen-bond acceptors (Lipinski definition) is 9. The van der Waals surface area contributed by atoms with Gasteiger partial charge in [-0.15, -0.1) is 0 Å². The maximum absolute atomic E-state index is 9.42. The number of aromatic nitrogens is 1. The molecule has 0 fully saturated rings. The molecule has 1 unspecified atom stereocenters. The Bertz CT molecular complexity index is 1070. The van der Waals surface area contributed by atoms with Gasteiger partial charge in [-0.25, -0.2) is 9.98 Å². The number of aliphatic imine (C=N–C) groups is 1. The fraction of sp³-hybridized carbons (Fsp3) is 0.176. The smallest absolute Gasteiger partial charge is 0.211 e. The number of ether oxygens (including phenoxy) is 1. The first kappa shape index (κ1) is 19.7. The van der Waals surface area contributed by atoms with Gasteiger partial charge < -0.3 is 21.5 Å². The summed E-state index contributed by atoms with van der Waals surface area (Å²) < 4.78 is 7.31. The lowest BCUT2D eigenvalue weighted by Crippen LogP contribution is -2.33. The molecule has 1 aromatic heterocycles. The molecule has 0 saturated heterocycles. The maximum atomic E-state index is 9.42. The predicted molar refractivity (Wildman–Crippen MR) is 112 cm³/mol. The van der Waals surface area contributed by atoms with Crippen molar-refractivity contribution < 1.29 is 4.74 Å². The molecule has 0 bridgehead atoms. The molecule has 3 rings (SSSR count).